The Balaban J connectivity index is 2.02. The first-order valence-electron chi connectivity index (χ1n) is 7.62. The van der Waals surface area contributed by atoms with E-state index < -0.39 is 10.0 Å². The fourth-order valence-corrected chi connectivity index (χ4v) is 4.20. The summed E-state index contributed by atoms with van der Waals surface area (Å²) >= 11 is 6.15. The van der Waals surface area contributed by atoms with Crippen LogP contribution >= 0.6 is 11.6 Å². The number of rotatable bonds is 4. The maximum Gasteiger partial charge on any atom is 0.264 e. The molecule has 128 valence electrons. The Morgan fingerprint density at radius 1 is 1.08 bits per heavy atom. The van der Waals surface area contributed by atoms with Crippen LogP contribution < -0.4 is 13.8 Å². The quantitative estimate of drug-likeness (QED) is 0.828. The van der Waals surface area contributed by atoms with Crippen molar-refractivity contribution in [1.82, 2.24) is 0 Å². The van der Waals surface area contributed by atoms with Crippen molar-refractivity contribution in [3.05, 3.63) is 47.0 Å². The molecule has 2 aromatic carbocycles. The predicted octanol–water partition coefficient (Wildman–Crippen LogP) is 3.63. The van der Waals surface area contributed by atoms with Gasteiger partial charge >= 0.3 is 0 Å². The Kier molecular flexibility index (Phi) is 4.60. The smallest absolute Gasteiger partial charge is 0.264 e. The molecule has 0 aliphatic carbocycles. The Hall–Kier alpha value is -1.92. The highest BCUT2D eigenvalue weighted by Crippen LogP contribution is 2.34. The number of anilines is 1. The van der Waals surface area contributed by atoms with Gasteiger partial charge in [-0.2, -0.15) is 0 Å². The van der Waals surface area contributed by atoms with E-state index >= 15 is 0 Å². The first kappa shape index (κ1) is 16.9. The van der Waals surface area contributed by atoms with Crippen molar-refractivity contribution in [2.45, 2.75) is 18.7 Å². The first-order chi connectivity index (χ1) is 11.4. The minimum Gasteiger partial charge on any atom is -0.486 e. The van der Waals surface area contributed by atoms with Crippen LogP contribution in [0.5, 0.6) is 11.5 Å². The lowest BCUT2D eigenvalue weighted by atomic mass is 10.2. The van der Waals surface area contributed by atoms with Crippen LogP contribution in [0.25, 0.3) is 0 Å². The molecule has 0 unspecified atom stereocenters. The van der Waals surface area contributed by atoms with E-state index in [1.54, 1.807) is 31.2 Å². The molecule has 0 bridgehead atoms. The summed E-state index contributed by atoms with van der Waals surface area (Å²) in [7, 11) is -3.73. The molecule has 3 rings (SSSR count). The third kappa shape index (κ3) is 3.03. The van der Waals surface area contributed by atoms with Gasteiger partial charge in [0.2, 0.25) is 0 Å². The molecule has 0 radical (unpaired) electrons. The highest BCUT2D eigenvalue weighted by molar-refractivity contribution is 7.92. The third-order valence-corrected chi connectivity index (χ3v) is 6.14. The summed E-state index contributed by atoms with van der Waals surface area (Å²) in [5.41, 5.74) is 1.43. The molecule has 7 heteroatoms. The number of hydrogen-bond donors (Lipinski definition) is 0. The lowest BCUT2D eigenvalue weighted by Crippen LogP contribution is -2.31. The third-order valence-electron chi connectivity index (χ3n) is 3.83. The number of nitrogens with zero attached hydrogens (tertiary/aromatic N) is 1. The fourth-order valence-electron chi connectivity index (χ4n) is 2.54. The number of fused-ring (bicyclic) bond motifs is 1. The second-order valence-electron chi connectivity index (χ2n) is 5.41. The van der Waals surface area contributed by atoms with Gasteiger partial charge in [0.1, 0.15) is 13.2 Å². The van der Waals surface area contributed by atoms with Gasteiger partial charge in [-0.1, -0.05) is 17.7 Å². The summed E-state index contributed by atoms with van der Waals surface area (Å²) in [5, 5.41) is 0.531. The minimum absolute atomic E-state index is 0.158. The van der Waals surface area contributed by atoms with E-state index in [0.29, 0.717) is 35.4 Å². The summed E-state index contributed by atoms with van der Waals surface area (Å²) in [5.74, 6) is 1.00. The Labute approximate surface area is 146 Å². The predicted molar refractivity (Wildman–Crippen MR) is 93.8 cm³/mol. The molecule has 5 nitrogen and oxygen atoms in total. The second kappa shape index (κ2) is 6.53. The van der Waals surface area contributed by atoms with E-state index in [0.717, 1.165) is 5.56 Å². The van der Waals surface area contributed by atoms with Gasteiger partial charge in [0, 0.05) is 17.6 Å². The van der Waals surface area contributed by atoms with E-state index in [2.05, 4.69) is 0 Å². The topological polar surface area (TPSA) is 55.8 Å². The molecule has 0 atom stereocenters. The molecule has 2 aromatic rings. The maximum atomic E-state index is 13.0. The van der Waals surface area contributed by atoms with Crippen LogP contribution in [0.15, 0.2) is 41.3 Å². The van der Waals surface area contributed by atoms with Gasteiger partial charge in [0.15, 0.2) is 11.5 Å². The average Bonchev–Trinajstić information content (AvgIpc) is 2.58. The number of benzene rings is 2. The largest absolute Gasteiger partial charge is 0.486 e. The molecule has 1 aliphatic heterocycles. The van der Waals surface area contributed by atoms with Gasteiger partial charge in [0.25, 0.3) is 10.0 Å². The van der Waals surface area contributed by atoms with Crippen LogP contribution in [0.3, 0.4) is 0 Å². The fraction of sp³-hybridized carbons (Fsp3) is 0.294. The van der Waals surface area contributed by atoms with Crippen molar-refractivity contribution in [2.24, 2.45) is 0 Å². The van der Waals surface area contributed by atoms with E-state index in [1.807, 2.05) is 6.92 Å². The Morgan fingerprint density at radius 2 is 1.79 bits per heavy atom. The molecule has 0 aromatic heterocycles. The summed E-state index contributed by atoms with van der Waals surface area (Å²) in [6, 6.07) is 9.87. The lowest BCUT2D eigenvalue weighted by molar-refractivity contribution is 0.171. The van der Waals surface area contributed by atoms with Crippen LogP contribution in [0.2, 0.25) is 5.02 Å². The summed E-state index contributed by atoms with van der Waals surface area (Å²) < 4.78 is 38.3. The van der Waals surface area contributed by atoms with Crippen molar-refractivity contribution in [3.8, 4) is 11.5 Å². The molecule has 1 heterocycles. The molecule has 1 aliphatic rings. The van der Waals surface area contributed by atoms with Crippen molar-refractivity contribution in [2.75, 3.05) is 24.1 Å². The van der Waals surface area contributed by atoms with Crippen LogP contribution in [0, 0.1) is 6.92 Å². The Morgan fingerprint density at radius 3 is 2.46 bits per heavy atom. The standard InChI is InChI=1S/C17H18ClNO4S/c1-3-19(13-5-4-12(2)15(18)10-13)24(20,21)14-6-7-16-17(11-14)23-9-8-22-16/h4-7,10-11H,3,8-9H2,1-2H3. The molecular weight excluding hydrogens is 350 g/mol. The number of sulfonamides is 1. The van der Waals surface area contributed by atoms with Gasteiger partial charge in [-0.3, -0.25) is 4.31 Å². The normalized spacial score (nSPS) is 13.6. The highest BCUT2D eigenvalue weighted by Gasteiger charge is 2.26. The molecule has 0 amide bonds. The van der Waals surface area contributed by atoms with Gasteiger partial charge in [-0.25, -0.2) is 8.42 Å². The number of ether oxygens (including phenoxy) is 2. The van der Waals surface area contributed by atoms with E-state index in [4.69, 9.17) is 21.1 Å². The van der Waals surface area contributed by atoms with Gasteiger partial charge in [-0.15, -0.1) is 0 Å². The van der Waals surface area contributed by atoms with E-state index in [9.17, 15) is 8.42 Å². The molecule has 24 heavy (non-hydrogen) atoms. The Bertz CT molecular complexity index is 867. The minimum atomic E-state index is -3.73. The van der Waals surface area contributed by atoms with Crippen LogP contribution in [-0.2, 0) is 10.0 Å². The van der Waals surface area contributed by atoms with Crippen molar-refractivity contribution < 1.29 is 17.9 Å². The van der Waals surface area contributed by atoms with Crippen molar-refractivity contribution in [3.63, 3.8) is 0 Å². The molecule has 0 saturated carbocycles. The zero-order chi connectivity index (χ0) is 17.3. The SMILES string of the molecule is CCN(c1ccc(C)c(Cl)c1)S(=O)(=O)c1ccc2c(c1)OCCO2. The first-order valence-corrected chi connectivity index (χ1v) is 9.44. The van der Waals surface area contributed by atoms with E-state index in [-0.39, 0.29) is 11.4 Å². The number of aryl methyl sites for hydroxylation is 1. The van der Waals surface area contributed by atoms with Crippen molar-refractivity contribution in [1.29, 1.82) is 0 Å². The molecule has 0 fully saturated rings. The average molecular weight is 368 g/mol. The van der Waals surface area contributed by atoms with Crippen LogP contribution in [-0.4, -0.2) is 28.2 Å². The molecule has 0 spiro atoms. The summed E-state index contributed by atoms with van der Waals surface area (Å²) in [6.45, 7) is 4.81. The van der Waals surface area contributed by atoms with Crippen molar-refractivity contribution >= 4 is 27.3 Å². The number of hydrogen-bond acceptors (Lipinski definition) is 4. The van der Waals surface area contributed by atoms with Crippen LogP contribution in [0.4, 0.5) is 5.69 Å². The molecule has 0 saturated heterocycles. The summed E-state index contributed by atoms with van der Waals surface area (Å²) in [6.07, 6.45) is 0. The zero-order valence-corrected chi connectivity index (χ0v) is 15.0. The lowest BCUT2D eigenvalue weighted by Gasteiger charge is -2.25. The van der Waals surface area contributed by atoms with Gasteiger partial charge in [0.05, 0.1) is 10.6 Å². The summed E-state index contributed by atoms with van der Waals surface area (Å²) in [4.78, 5) is 0.158. The molecular formula is C17H18ClNO4S. The highest BCUT2D eigenvalue weighted by atomic mass is 35.5. The van der Waals surface area contributed by atoms with Gasteiger partial charge in [-0.05, 0) is 43.7 Å². The van der Waals surface area contributed by atoms with Gasteiger partial charge < -0.3 is 9.47 Å². The maximum absolute atomic E-state index is 13.0. The van der Waals surface area contributed by atoms with Crippen LogP contribution in [0.1, 0.15) is 12.5 Å². The van der Waals surface area contributed by atoms with E-state index in [1.165, 1.54) is 16.4 Å². The monoisotopic (exact) mass is 367 g/mol. The zero-order valence-electron chi connectivity index (χ0n) is 13.5. The second-order valence-corrected chi connectivity index (χ2v) is 7.68. The molecule has 0 N–H and O–H groups in total. The number of halogens is 1.